The summed E-state index contributed by atoms with van der Waals surface area (Å²) in [4.78, 5) is 6.04. The number of benzene rings is 3. The van der Waals surface area contributed by atoms with E-state index in [2.05, 4.69) is 73.7 Å². The molecule has 0 aliphatic rings. The molecule has 0 N–H and O–H groups in total. The van der Waals surface area contributed by atoms with Crippen LogP contribution in [0.25, 0.3) is 20.8 Å². The molecule has 0 amide bonds. The van der Waals surface area contributed by atoms with Crippen LogP contribution in [-0.2, 0) is 5.75 Å². The predicted molar refractivity (Wildman–Crippen MR) is 106 cm³/mol. The Kier molecular flexibility index (Phi) is 4.37. The van der Waals surface area contributed by atoms with Crippen LogP contribution in [0.4, 0.5) is 0 Å². The summed E-state index contributed by atoms with van der Waals surface area (Å²) in [7, 11) is 0. The van der Waals surface area contributed by atoms with Crippen LogP contribution in [0.1, 0.15) is 11.1 Å². The van der Waals surface area contributed by atoms with Crippen molar-refractivity contribution in [3.63, 3.8) is 0 Å². The number of hydrogen-bond acceptors (Lipinski definition) is 3. The molecular formula is C21H17NS2. The normalized spacial score (nSPS) is 11.0. The van der Waals surface area contributed by atoms with Gasteiger partial charge in [-0.2, -0.15) is 0 Å². The second-order valence-corrected chi connectivity index (χ2v) is 7.86. The molecule has 0 saturated heterocycles. The van der Waals surface area contributed by atoms with Crippen molar-refractivity contribution in [3.05, 3.63) is 83.9 Å². The van der Waals surface area contributed by atoms with E-state index in [1.54, 1.807) is 11.3 Å². The Morgan fingerprint density at radius 2 is 1.62 bits per heavy atom. The summed E-state index contributed by atoms with van der Waals surface area (Å²) in [6.07, 6.45) is 0. The van der Waals surface area contributed by atoms with Gasteiger partial charge in [0.1, 0.15) is 5.01 Å². The van der Waals surface area contributed by atoms with E-state index in [1.807, 2.05) is 17.8 Å². The molecule has 0 saturated carbocycles. The van der Waals surface area contributed by atoms with E-state index < -0.39 is 0 Å². The monoisotopic (exact) mass is 347 g/mol. The Hall–Kier alpha value is -2.10. The van der Waals surface area contributed by atoms with Crippen LogP contribution in [-0.4, -0.2) is 4.98 Å². The van der Waals surface area contributed by atoms with Crippen molar-refractivity contribution >= 4 is 33.3 Å². The summed E-state index contributed by atoms with van der Waals surface area (Å²) in [5, 5.41) is 1.09. The average Bonchev–Trinajstić information content (AvgIpc) is 3.06. The molecule has 1 nitrogen and oxygen atoms in total. The van der Waals surface area contributed by atoms with Gasteiger partial charge in [-0.3, -0.25) is 0 Å². The predicted octanol–water partition coefficient (Wildman–Crippen LogP) is 6.56. The highest BCUT2D eigenvalue weighted by Gasteiger charge is 2.06. The Morgan fingerprint density at radius 3 is 2.38 bits per heavy atom. The van der Waals surface area contributed by atoms with Crippen LogP contribution in [0.2, 0.25) is 0 Å². The van der Waals surface area contributed by atoms with Gasteiger partial charge >= 0.3 is 0 Å². The summed E-state index contributed by atoms with van der Waals surface area (Å²) < 4.78 is 1.24. The van der Waals surface area contributed by atoms with E-state index in [0.717, 1.165) is 16.3 Å². The standard InChI is InChI=1S/C21H17NS2/c1-15-6-12-18(13-7-15)23-14-16-8-10-17(11-9-16)21-22-19-4-2-3-5-20(19)24-21/h2-13H,14H2,1H3. The molecule has 1 heterocycles. The van der Waals surface area contributed by atoms with Crippen molar-refractivity contribution in [1.29, 1.82) is 0 Å². The third kappa shape index (κ3) is 3.37. The van der Waals surface area contributed by atoms with Crippen LogP contribution >= 0.6 is 23.1 Å². The number of fused-ring (bicyclic) bond motifs is 1. The van der Waals surface area contributed by atoms with Gasteiger partial charge in [-0.05, 0) is 36.8 Å². The van der Waals surface area contributed by atoms with Crippen LogP contribution in [0.3, 0.4) is 0 Å². The number of aryl methyl sites for hydroxylation is 1. The second kappa shape index (κ2) is 6.80. The summed E-state index contributed by atoms with van der Waals surface area (Å²) in [5.41, 5.74) is 4.92. The zero-order valence-electron chi connectivity index (χ0n) is 13.4. The second-order valence-electron chi connectivity index (χ2n) is 5.79. The largest absolute Gasteiger partial charge is 0.236 e. The fraction of sp³-hybridized carbons (Fsp3) is 0.0952. The first-order valence-electron chi connectivity index (χ1n) is 7.92. The van der Waals surface area contributed by atoms with Gasteiger partial charge < -0.3 is 0 Å². The van der Waals surface area contributed by atoms with Gasteiger partial charge in [-0.15, -0.1) is 23.1 Å². The van der Waals surface area contributed by atoms with E-state index in [1.165, 1.54) is 26.3 Å². The molecule has 3 aromatic carbocycles. The summed E-state index contributed by atoms with van der Waals surface area (Å²) >= 11 is 3.63. The van der Waals surface area contributed by atoms with E-state index >= 15 is 0 Å². The van der Waals surface area contributed by atoms with E-state index in [0.29, 0.717) is 0 Å². The summed E-state index contributed by atoms with van der Waals surface area (Å²) in [6.45, 7) is 2.12. The lowest BCUT2D eigenvalue weighted by molar-refractivity contribution is 1.35. The molecule has 4 rings (SSSR count). The third-order valence-corrected chi connectivity index (χ3v) is 6.09. The van der Waals surface area contributed by atoms with Gasteiger partial charge in [0.25, 0.3) is 0 Å². The first-order chi connectivity index (χ1) is 11.8. The van der Waals surface area contributed by atoms with Crippen LogP contribution in [0, 0.1) is 6.92 Å². The molecule has 0 bridgehead atoms. The molecule has 0 unspecified atom stereocenters. The molecule has 4 aromatic rings. The zero-order valence-corrected chi connectivity index (χ0v) is 15.0. The van der Waals surface area contributed by atoms with E-state index in [-0.39, 0.29) is 0 Å². The first-order valence-corrected chi connectivity index (χ1v) is 9.72. The molecule has 0 fully saturated rings. The molecule has 0 atom stereocenters. The summed E-state index contributed by atoms with van der Waals surface area (Å²) in [6, 6.07) is 25.8. The number of aromatic nitrogens is 1. The van der Waals surface area contributed by atoms with Crippen molar-refractivity contribution in [3.8, 4) is 10.6 Å². The zero-order chi connectivity index (χ0) is 16.4. The molecule has 0 spiro atoms. The van der Waals surface area contributed by atoms with E-state index in [4.69, 9.17) is 4.98 Å². The number of hydrogen-bond donors (Lipinski definition) is 0. The molecule has 118 valence electrons. The lowest BCUT2D eigenvalue weighted by Gasteiger charge is -2.04. The maximum Gasteiger partial charge on any atom is 0.124 e. The van der Waals surface area contributed by atoms with Gasteiger partial charge in [0.05, 0.1) is 10.2 Å². The highest BCUT2D eigenvalue weighted by atomic mass is 32.2. The molecule has 0 aliphatic heterocycles. The lowest BCUT2D eigenvalue weighted by atomic mass is 10.2. The van der Waals surface area contributed by atoms with Crippen LogP contribution in [0.5, 0.6) is 0 Å². The minimum absolute atomic E-state index is 0.989. The number of nitrogens with zero attached hydrogens (tertiary/aromatic N) is 1. The summed E-state index contributed by atoms with van der Waals surface area (Å²) in [5.74, 6) is 0.989. The lowest BCUT2D eigenvalue weighted by Crippen LogP contribution is -1.82. The Labute approximate surface area is 150 Å². The quantitative estimate of drug-likeness (QED) is 0.387. The third-order valence-electron chi connectivity index (χ3n) is 3.92. The van der Waals surface area contributed by atoms with Crippen LogP contribution in [0.15, 0.2) is 77.7 Å². The van der Waals surface area contributed by atoms with Gasteiger partial charge in [-0.25, -0.2) is 4.98 Å². The molecule has 0 radical (unpaired) electrons. The highest BCUT2D eigenvalue weighted by molar-refractivity contribution is 7.98. The topological polar surface area (TPSA) is 12.9 Å². The molecular weight excluding hydrogens is 330 g/mol. The number of thioether (sulfide) groups is 1. The number of para-hydroxylation sites is 1. The number of thiazole rings is 1. The van der Waals surface area contributed by atoms with Crippen molar-refractivity contribution in [2.45, 2.75) is 17.6 Å². The first kappa shape index (κ1) is 15.4. The molecule has 24 heavy (non-hydrogen) atoms. The fourth-order valence-corrected chi connectivity index (χ4v) is 4.37. The van der Waals surface area contributed by atoms with Gasteiger partial charge in [0, 0.05) is 16.2 Å². The Bertz CT molecular complexity index is 920. The van der Waals surface area contributed by atoms with Crippen molar-refractivity contribution in [2.75, 3.05) is 0 Å². The van der Waals surface area contributed by atoms with E-state index in [9.17, 15) is 0 Å². The van der Waals surface area contributed by atoms with Gasteiger partial charge in [0.2, 0.25) is 0 Å². The fourth-order valence-electron chi connectivity index (χ4n) is 2.54. The minimum atomic E-state index is 0.989. The maximum atomic E-state index is 4.73. The van der Waals surface area contributed by atoms with Crippen molar-refractivity contribution in [1.82, 2.24) is 4.98 Å². The number of rotatable bonds is 4. The van der Waals surface area contributed by atoms with Gasteiger partial charge in [-0.1, -0.05) is 54.1 Å². The Balaban J connectivity index is 1.48. The average molecular weight is 348 g/mol. The minimum Gasteiger partial charge on any atom is -0.236 e. The van der Waals surface area contributed by atoms with Crippen LogP contribution < -0.4 is 0 Å². The van der Waals surface area contributed by atoms with Crippen molar-refractivity contribution < 1.29 is 0 Å². The molecule has 0 aliphatic carbocycles. The molecule has 3 heteroatoms. The maximum absolute atomic E-state index is 4.73. The Morgan fingerprint density at radius 1 is 0.875 bits per heavy atom. The smallest absolute Gasteiger partial charge is 0.124 e. The van der Waals surface area contributed by atoms with Crippen molar-refractivity contribution in [2.24, 2.45) is 0 Å². The highest BCUT2D eigenvalue weighted by Crippen LogP contribution is 2.31. The van der Waals surface area contributed by atoms with Gasteiger partial charge in [0.15, 0.2) is 0 Å². The SMILES string of the molecule is Cc1ccc(SCc2ccc(-c3nc4ccccc4s3)cc2)cc1. The molecule has 1 aromatic heterocycles.